The Bertz CT molecular complexity index is 1980. The Balaban J connectivity index is 1.55. The van der Waals surface area contributed by atoms with E-state index < -0.39 is 23.8 Å². The number of benzene rings is 3. The van der Waals surface area contributed by atoms with Crippen LogP contribution in [0.15, 0.2) is 87.8 Å². The first-order valence-electron chi connectivity index (χ1n) is 14.3. The highest BCUT2D eigenvalue weighted by molar-refractivity contribution is 7.07. The van der Waals surface area contributed by atoms with Crippen LogP contribution < -0.4 is 29.3 Å². The molecule has 0 saturated carbocycles. The molecule has 0 amide bonds. The molecule has 1 aliphatic heterocycles. The molecular weight excluding hydrogens is 619 g/mol. The number of fused-ring (bicyclic) bond motifs is 1. The molecule has 0 aliphatic carbocycles. The third-order valence-corrected chi connectivity index (χ3v) is 8.38. The largest absolute Gasteiger partial charge is 0.496 e. The molecule has 12 heteroatoms. The highest BCUT2D eigenvalue weighted by atomic mass is 32.1. The van der Waals surface area contributed by atoms with Crippen LogP contribution in [0.1, 0.15) is 42.1 Å². The van der Waals surface area contributed by atoms with Crippen LogP contribution in [0.25, 0.3) is 6.08 Å². The topological polar surface area (TPSA) is 82.4 Å². The SMILES string of the molecule is CCOC(=O)C1=C(C)N=c2sc(=Cc3ccc(OC)c(COc4cccc(C(F)(F)F)c4)c3)c(=O)n2[C@H]1c1ccc(N(C)C)cc1. The lowest BCUT2D eigenvalue weighted by Gasteiger charge is -2.25. The zero-order valence-electron chi connectivity index (χ0n) is 25.8. The molecule has 240 valence electrons. The van der Waals surface area contributed by atoms with E-state index in [1.807, 2.05) is 43.3 Å². The van der Waals surface area contributed by atoms with Gasteiger partial charge in [-0.1, -0.05) is 35.6 Å². The van der Waals surface area contributed by atoms with Crippen molar-refractivity contribution in [2.24, 2.45) is 4.99 Å². The van der Waals surface area contributed by atoms with Gasteiger partial charge in [0.15, 0.2) is 4.80 Å². The zero-order valence-corrected chi connectivity index (χ0v) is 26.7. The second-order valence-electron chi connectivity index (χ2n) is 10.7. The molecule has 1 atom stereocenters. The van der Waals surface area contributed by atoms with E-state index in [2.05, 4.69) is 4.99 Å². The molecule has 0 unspecified atom stereocenters. The van der Waals surface area contributed by atoms with E-state index in [4.69, 9.17) is 14.2 Å². The number of aromatic nitrogens is 1. The Morgan fingerprint density at radius 2 is 1.83 bits per heavy atom. The highest BCUT2D eigenvalue weighted by Crippen LogP contribution is 2.33. The number of nitrogens with zero attached hydrogens (tertiary/aromatic N) is 3. The third kappa shape index (κ3) is 6.71. The van der Waals surface area contributed by atoms with Crippen molar-refractivity contribution >= 4 is 29.1 Å². The number of methoxy groups -OCH3 is 1. The van der Waals surface area contributed by atoms with Crippen molar-refractivity contribution in [3.63, 3.8) is 0 Å². The molecule has 5 rings (SSSR count). The molecule has 0 fully saturated rings. The average Bonchev–Trinajstić information content (AvgIpc) is 3.32. The lowest BCUT2D eigenvalue weighted by atomic mass is 9.95. The quantitative estimate of drug-likeness (QED) is 0.224. The first kappa shape index (κ1) is 32.6. The summed E-state index contributed by atoms with van der Waals surface area (Å²) in [7, 11) is 5.33. The molecule has 1 aliphatic rings. The molecule has 1 aromatic heterocycles. The molecule has 46 heavy (non-hydrogen) atoms. The summed E-state index contributed by atoms with van der Waals surface area (Å²) in [5.74, 6) is -0.0104. The Kier molecular flexibility index (Phi) is 9.38. The van der Waals surface area contributed by atoms with Gasteiger partial charge in [0, 0.05) is 25.3 Å². The molecule has 2 heterocycles. The van der Waals surface area contributed by atoms with Gasteiger partial charge in [0.1, 0.15) is 18.1 Å². The normalized spacial score (nSPS) is 14.9. The number of allylic oxidation sites excluding steroid dienone is 1. The summed E-state index contributed by atoms with van der Waals surface area (Å²) >= 11 is 1.19. The van der Waals surface area contributed by atoms with E-state index in [1.54, 1.807) is 38.1 Å². The van der Waals surface area contributed by atoms with Crippen LogP contribution >= 0.6 is 11.3 Å². The summed E-state index contributed by atoms with van der Waals surface area (Å²) in [6.07, 6.45) is -2.79. The fourth-order valence-electron chi connectivity index (χ4n) is 5.14. The first-order valence-corrected chi connectivity index (χ1v) is 15.2. The van der Waals surface area contributed by atoms with E-state index in [9.17, 15) is 22.8 Å². The van der Waals surface area contributed by atoms with Crippen LogP contribution in [0, 0.1) is 0 Å². The second kappa shape index (κ2) is 13.3. The lowest BCUT2D eigenvalue weighted by molar-refractivity contribution is -0.139. The maximum absolute atomic E-state index is 14.0. The summed E-state index contributed by atoms with van der Waals surface area (Å²) in [5.41, 5.74) is 2.51. The van der Waals surface area contributed by atoms with Crippen LogP contribution in [0.4, 0.5) is 18.9 Å². The Morgan fingerprint density at radius 1 is 1.09 bits per heavy atom. The van der Waals surface area contributed by atoms with Gasteiger partial charge in [-0.2, -0.15) is 13.2 Å². The maximum atomic E-state index is 14.0. The van der Waals surface area contributed by atoms with Crippen molar-refractivity contribution in [3.8, 4) is 11.5 Å². The third-order valence-electron chi connectivity index (χ3n) is 7.40. The number of rotatable bonds is 9. The van der Waals surface area contributed by atoms with Crippen LogP contribution in [-0.2, 0) is 22.3 Å². The highest BCUT2D eigenvalue weighted by Gasteiger charge is 2.33. The number of halogens is 3. The number of carbonyl (C=O) groups excluding carboxylic acids is 1. The van der Waals surface area contributed by atoms with Crippen molar-refractivity contribution in [2.75, 3.05) is 32.7 Å². The van der Waals surface area contributed by atoms with E-state index in [-0.39, 0.29) is 30.1 Å². The van der Waals surface area contributed by atoms with Gasteiger partial charge in [-0.3, -0.25) is 9.36 Å². The smallest absolute Gasteiger partial charge is 0.416 e. The number of ether oxygens (including phenoxy) is 3. The summed E-state index contributed by atoms with van der Waals surface area (Å²) in [4.78, 5) is 34.2. The molecule has 4 aromatic rings. The Hall–Kier alpha value is -4.84. The van der Waals surface area contributed by atoms with Crippen LogP contribution in [-0.4, -0.2) is 38.3 Å². The molecule has 3 aromatic carbocycles. The molecule has 0 bridgehead atoms. The van der Waals surface area contributed by atoms with E-state index in [0.29, 0.717) is 31.9 Å². The van der Waals surface area contributed by atoms with Gasteiger partial charge in [-0.05, 0) is 73.5 Å². The van der Waals surface area contributed by atoms with Gasteiger partial charge in [0.05, 0.1) is 41.1 Å². The lowest BCUT2D eigenvalue weighted by Crippen LogP contribution is -2.39. The molecule has 0 N–H and O–H groups in total. The number of hydrogen-bond donors (Lipinski definition) is 0. The number of hydrogen-bond acceptors (Lipinski definition) is 8. The average molecular weight is 652 g/mol. The zero-order chi connectivity index (χ0) is 33.2. The minimum Gasteiger partial charge on any atom is -0.496 e. The predicted molar refractivity (Wildman–Crippen MR) is 170 cm³/mol. The van der Waals surface area contributed by atoms with Gasteiger partial charge in [0.25, 0.3) is 5.56 Å². The van der Waals surface area contributed by atoms with Crippen molar-refractivity contribution in [1.82, 2.24) is 4.57 Å². The summed E-state index contributed by atoms with van der Waals surface area (Å²) in [6, 6.07) is 16.7. The molecule has 0 saturated heterocycles. The summed E-state index contributed by atoms with van der Waals surface area (Å²) in [6.45, 7) is 3.55. The van der Waals surface area contributed by atoms with Crippen molar-refractivity contribution in [3.05, 3.63) is 120 Å². The summed E-state index contributed by atoms with van der Waals surface area (Å²) in [5, 5.41) is 0. The number of anilines is 1. The number of esters is 1. The fraction of sp³-hybridized carbons (Fsp3) is 0.265. The van der Waals surface area contributed by atoms with E-state index in [1.165, 1.54) is 35.1 Å². The van der Waals surface area contributed by atoms with Crippen LogP contribution in [0.5, 0.6) is 11.5 Å². The van der Waals surface area contributed by atoms with Gasteiger partial charge >= 0.3 is 12.1 Å². The fourth-order valence-corrected chi connectivity index (χ4v) is 6.18. The number of carbonyl (C=O) groups is 1. The molecule has 0 radical (unpaired) electrons. The van der Waals surface area contributed by atoms with Crippen molar-refractivity contribution < 1.29 is 32.2 Å². The number of alkyl halides is 3. The first-order chi connectivity index (χ1) is 21.9. The Labute approximate surface area is 267 Å². The van der Waals surface area contributed by atoms with Crippen LogP contribution in [0.3, 0.4) is 0 Å². The van der Waals surface area contributed by atoms with Gasteiger partial charge < -0.3 is 19.1 Å². The Morgan fingerprint density at radius 3 is 2.48 bits per heavy atom. The van der Waals surface area contributed by atoms with E-state index >= 15 is 0 Å². The van der Waals surface area contributed by atoms with E-state index in [0.717, 1.165) is 23.4 Å². The second-order valence-corrected chi connectivity index (χ2v) is 11.7. The number of thiazole rings is 1. The van der Waals surface area contributed by atoms with Crippen molar-refractivity contribution in [2.45, 2.75) is 32.7 Å². The maximum Gasteiger partial charge on any atom is 0.416 e. The summed E-state index contributed by atoms with van der Waals surface area (Å²) < 4.78 is 57.9. The van der Waals surface area contributed by atoms with Gasteiger partial charge in [-0.15, -0.1) is 0 Å². The predicted octanol–water partition coefficient (Wildman–Crippen LogP) is 5.47. The van der Waals surface area contributed by atoms with Gasteiger partial charge in [0.2, 0.25) is 0 Å². The molecule has 0 spiro atoms. The monoisotopic (exact) mass is 651 g/mol. The van der Waals surface area contributed by atoms with Crippen molar-refractivity contribution in [1.29, 1.82) is 0 Å². The standard InChI is InChI=1S/C34H32F3N3O5S/c1-6-44-32(42)29-20(2)38-33-40(30(29)22-11-13-25(14-12-22)39(3)4)31(41)28(46-33)17-21-10-15-27(43-5)23(16-21)19-45-26-9-7-8-24(18-26)34(35,36)37/h7-18,30H,6,19H2,1-5H3/t30-/m0/s1. The van der Waals surface area contributed by atoms with Crippen LogP contribution in [0.2, 0.25) is 0 Å². The minimum atomic E-state index is -4.49. The molecule has 8 nitrogen and oxygen atoms in total. The minimum absolute atomic E-state index is 0.0574. The molecular formula is C34H32F3N3O5S. The van der Waals surface area contributed by atoms with Gasteiger partial charge in [-0.25, -0.2) is 9.79 Å².